The molecule has 0 saturated heterocycles. The van der Waals surface area contributed by atoms with Gasteiger partial charge in [-0.1, -0.05) is 0 Å². The molecule has 4 aromatic carbocycles. The van der Waals surface area contributed by atoms with Gasteiger partial charge in [-0.2, -0.15) is 0 Å². The second-order valence-electron chi connectivity index (χ2n) is 14.2. The van der Waals surface area contributed by atoms with E-state index in [0.29, 0.717) is 0 Å². The zero-order chi connectivity index (χ0) is 29.5. The first-order valence-corrected chi connectivity index (χ1v) is 25.1. The Kier molecular flexibility index (Phi) is 7.30. The Morgan fingerprint density at radius 1 is 0.732 bits per heavy atom. The summed E-state index contributed by atoms with van der Waals surface area (Å²) in [6.45, 7) is 18.4. The third kappa shape index (κ3) is 5.02. The minimum atomic E-state index is -4.07. The van der Waals surface area contributed by atoms with Gasteiger partial charge in [0, 0.05) is 0 Å². The van der Waals surface area contributed by atoms with Crippen LogP contribution in [0.2, 0.25) is 0 Å². The molecule has 1 unspecified atom stereocenters. The summed E-state index contributed by atoms with van der Waals surface area (Å²) >= 11 is -4.07. The van der Waals surface area contributed by atoms with Crippen molar-refractivity contribution < 1.29 is 17.9 Å². The molecule has 0 radical (unpaired) electrons. The molecule has 0 N–H and O–H groups in total. The van der Waals surface area contributed by atoms with Gasteiger partial charge in [-0.05, 0) is 0 Å². The molecule has 0 fully saturated rings. The predicted octanol–water partition coefficient (Wildman–Crippen LogP) is 8.64. The van der Waals surface area contributed by atoms with Crippen LogP contribution in [0.5, 0.6) is 0 Å². The molecule has 0 nitrogen and oxygen atoms in total. The van der Waals surface area contributed by atoms with E-state index >= 15 is 0 Å². The number of hydrogen-bond acceptors (Lipinski definition) is 0. The maximum absolute atomic E-state index is 7.96. The third-order valence-corrected chi connectivity index (χ3v) is 23.2. The summed E-state index contributed by atoms with van der Waals surface area (Å²) in [5, 5.41) is 2.99. The van der Waals surface area contributed by atoms with E-state index in [0.717, 1.165) is 0 Å². The standard InChI is InChI=1S/C25H31.C12H9Si.2ClH.Zr/c1-16-11-17(2)13-19(12-16)23-21-15-20(24(3,4)5)14-18(21)9-10-22(23)25(6,7)8;1-3-7-11-9(5-1)10-6-2-4-8-12(10)13-11;;;/h9-15H,1-8H3;1-7H,13H2;2*1H;/q;;;;+2/p-2. The van der Waals surface area contributed by atoms with E-state index in [1.54, 1.807) is 0 Å². The van der Waals surface area contributed by atoms with Gasteiger partial charge in [-0.15, -0.1) is 0 Å². The van der Waals surface area contributed by atoms with Crippen LogP contribution in [0.1, 0.15) is 73.0 Å². The topological polar surface area (TPSA) is 0 Å². The zero-order valence-corrected chi connectivity index (χ0v) is 30.9. The molecule has 1 atom stereocenters. The Hall–Kier alpha value is -1.70. The summed E-state index contributed by atoms with van der Waals surface area (Å²) in [7, 11) is 15.3. The van der Waals surface area contributed by atoms with E-state index in [4.69, 9.17) is 17.0 Å². The fraction of sp³-hybridized carbons (Fsp3) is 0.297. The van der Waals surface area contributed by atoms with Gasteiger partial charge in [0.15, 0.2) is 0 Å². The second kappa shape index (κ2) is 10.2. The Morgan fingerprint density at radius 2 is 1.39 bits per heavy atom. The number of halogens is 2. The van der Waals surface area contributed by atoms with Crippen molar-refractivity contribution in [3.05, 3.63) is 106 Å². The van der Waals surface area contributed by atoms with Gasteiger partial charge in [0.25, 0.3) is 0 Å². The Bertz CT molecular complexity index is 1710. The minimum absolute atomic E-state index is 0.00420. The van der Waals surface area contributed by atoms with Crippen molar-refractivity contribution in [3.63, 3.8) is 0 Å². The summed E-state index contributed by atoms with van der Waals surface area (Å²) in [5.41, 5.74) is 13.3. The van der Waals surface area contributed by atoms with Gasteiger partial charge < -0.3 is 0 Å². The molecular weight excluding hydrogens is 635 g/mol. The number of fused-ring (bicyclic) bond motifs is 4. The van der Waals surface area contributed by atoms with Crippen LogP contribution < -0.4 is 13.6 Å². The van der Waals surface area contributed by atoms with Gasteiger partial charge in [0.1, 0.15) is 0 Å². The number of aryl methyl sites for hydroxylation is 2. The second-order valence-corrected chi connectivity index (χ2v) is 30.0. The molecule has 0 aromatic heterocycles. The van der Waals surface area contributed by atoms with Crippen LogP contribution in [0.4, 0.5) is 0 Å². The molecule has 0 bridgehead atoms. The van der Waals surface area contributed by atoms with E-state index in [1.165, 1.54) is 69.3 Å². The van der Waals surface area contributed by atoms with Crippen LogP contribution in [0.3, 0.4) is 0 Å². The first-order valence-electron chi connectivity index (χ1n) is 14.7. The van der Waals surface area contributed by atoms with Gasteiger partial charge in [0.2, 0.25) is 0 Å². The molecule has 41 heavy (non-hydrogen) atoms. The van der Waals surface area contributed by atoms with E-state index < -0.39 is 27.4 Å². The van der Waals surface area contributed by atoms with Gasteiger partial charge >= 0.3 is 262 Å². The van der Waals surface area contributed by atoms with Crippen LogP contribution >= 0.6 is 17.0 Å². The van der Waals surface area contributed by atoms with Crippen molar-refractivity contribution in [2.75, 3.05) is 0 Å². The fourth-order valence-electron chi connectivity index (χ4n) is 7.17. The van der Waals surface area contributed by atoms with Gasteiger partial charge in [0.05, 0.1) is 0 Å². The number of allylic oxidation sites excluding steroid dienone is 1. The molecule has 1 heterocycles. The maximum atomic E-state index is 7.96. The van der Waals surface area contributed by atoms with E-state index in [9.17, 15) is 0 Å². The van der Waals surface area contributed by atoms with Crippen LogP contribution in [-0.4, -0.2) is 9.52 Å². The van der Waals surface area contributed by atoms with Crippen molar-refractivity contribution in [1.29, 1.82) is 0 Å². The average Bonchev–Trinajstić information content (AvgIpc) is 3.46. The molecule has 0 amide bonds. The van der Waals surface area contributed by atoms with Crippen LogP contribution in [-0.2, 0) is 23.3 Å². The SMILES string of the molecule is Cc1cc(C)cc(-c2c(C(C)(C)C)ccc3c2C=C(C(C)(C)C)[CH]3[Zr]([Cl])([Cl])[c]2cccc3c2[SiH2]c2ccccc2-3)c1. The van der Waals surface area contributed by atoms with Crippen molar-refractivity contribution in [1.82, 2.24) is 0 Å². The molecule has 1 aliphatic carbocycles. The molecule has 4 heteroatoms. The van der Waals surface area contributed by atoms with Gasteiger partial charge in [-0.3, -0.25) is 0 Å². The summed E-state index contributed by atoms with van der Waals surface area (Å²) in [4.78, 5) is 0. The van der Waals surface area contributed by atoms with Crippen molar-refractivity contribution in [3.8, 4) is 22.3 Å². The molecule has 0 spiro atoms. The Labute approximate surface area is 260 Å². The summed E-state index contributed by atoms with van der Waals surface area (Å²) < 4.78 is 1.36. The molecule has 210 valence electrons. The van der Waals surface area contributed by atoms with Crippen molar-refractivity contribution >= 4 is 46.3 Å². The molecule has 0 saturated carbocycles. The number of benzene rings is 4. The quantitative estimate of drug-likeness (QED) is 0.168. The molecule has 2 aliphatic rings. The predicted molar refractivity (Wildman–Crippen MR) is 181 cm³/mol. The first-order chi connectivity index (χ1) is 19.2. The van der Waals surface area contributed by atoms with E-state index in [-0.39, 0.29) is 14.5 Å². The number of rotatable bonds is 3. The Balaban J connectivity index is 1.61. The number of hydrogen-bond donors (Lipinski definition) is 0. The summed E-state index contributed by atoms with van der Waals surface area (Å²) in [6.07, 6.45) is 2.48. The van der Waals surface area contributed by atoms with Crippen molar-refractivity contribution in [2.24, 2.45) is 5.41 Å². The zero-order valence-electron chi connectivity index (χ0n) is 25.5. The summed E-state index contributed by atoms with van der Waals surface area (Å²) in [5.74, 6) is 0. The van der Waals surface area contributed by atoms with Crippen molar-refractivity contribution in [2.45, 2.75) is 64.4 Å². The fourth-order valence-corrected chi connectivity index (χ4v) is 24.3. The Morgan fingerprint density at radius 3 is 2.05 bits per heavy atom. The summed E-state index contributed by atoms with van der Waals surface area (Å²) in [6, 6.07) is 27.4. The molecular formula is C37H40Cl2SiZr. The monoisotopic (exact) mass is 672 g/mol. The average molecular weight is 675 g/mol. The van der Waals surface area contributed by atoms with Crippen LogP contribution in [0.15, 0.2) is 78.4 Å². The van der Waals surface area contributed by atoms with Crippen LogP contribution in [0, 0.1) is 19.3 Å². The molecule has 1 aliphatic heterocycles. The van der Waals surface area contributed by atoms with E-state index in [2.05, 4.69) is 134 Å². The molecule has 4 aromatic rings. The normalized spacial score (nSPS) is 16.9. The van der Waals surface area contributed by atoms with E-state index in [1.807, 2.05) is 0 Å². The van der Waals surface area contributed by atoms with Crippen LogP contribution in [0.25, 0.3) is 28.3 Å². The third-order valence-electron chi connectivity index (χ3n) is 8.96. The molecule has 6 rings (SSSR count). The van der Waals surface area contributed by atoms with Gasteiger partial charge in [-0.25, -0.2) is 0 Å². The first kappa shape index (κ1) is 29.4.